The van der Waals surface area contributed by atoms with Gasteiger partial charge in [0.05, 0.1) is 10.2 Å². The first-order chi connectivity index (χ1) is 8.41. The van der Waals surface area contributed by atoms with Crippen molar-refractivity contribution in [3.05, 3.63) is 43.9 Å². The number of aromatic carboxylic acids is 1. The second-order valence-corrected chi connectivity index (χ2v) is 4.55. The van der Waals surface area contributed by atoms with Crippen molar-refractivity contribution in [2.24, 2.45) is 0 Å². The molecule has 0 fully saturated rings. The van der Waals surface area contributed by atoms with Crippen LogP contribution in [0.2, 0.25) is 0 Å². The summed E-state index contributed by atoms with van der Waals surface area (Å²) in [6.45, 7) is 3.42. The highest BCUT2D eigenvalue weighted by molar-refractivity contribution is 9.10. The van der Waals surface area contributed by atoms with Crippen molar-refractivity contribution in [2.75, 3.05) is 0 Å². The SMILES string of the molecule is Cc1cc(-n2cc(C(=O)O)c(=O)c(Br)c2C)on1. The number of pyridine rings is 1. The molecule has 7 heteroatoms. The number of hydrogen-bond acceptors (Lipinski definition) is 4. The van der Waals surface area contributed by atoms with E-state index >= 15 is 0 Å². The molecule has 0 unspecified atom stereocenters. The molecule has 0 saturated carbocycles. The number of carboxylic acids is 1. The number of rotatable bonds is 2. The third kappa shape index (κ3) is 1.97. The molecule has 0 aliphatic heterocycles. The van der Waals surface area contributed by atoms with Gasteiger partial charge < -0.3 is 9.63 Å². The van der Waals surface area contributed by atoms with Crippen LogP contribution in [0.25, 0.3) is 5.88 Å². The monoisotopic (exact) mass is 312 g/mol. The van der Waals surface area contributed by atoms with E-state index in [1.165, 1.54) is 10.8 Å². The van der Waals surface area contributed by atoms with Crippen LogP contribution >= 0.6 is 15.9 Å². The average molecular weight is 313 g/mol. The predicted octanol–water partition coefficient (Wildman–Crippen LogP) is 1.90. The first kappa shape index (κ1) is 12.6. The van der Waals surface area contributed by atoms with Gasteiger partial charge in [0, 0.05) is 18.0 Å². The van der Waals surface area contributed by atoms with Gasteiger partial charge in [-0.2, -0.15) is 0 Å². The molecule has 0 radical (unpaired) electrons. The van der Waals surface area contributed by atoms with Crippen LogP contribution in [0.3, 0.4) is 0 Å². The molecule has 2 aromatic rings. The Balaban J connectivity index is 2.76. The van der Waals surface area contributed by atoms with Gasteiger partial charge in [0.2, 0.25) is 11.3 Å². The van der Waals surface area contributed by atoms with Gasteiger partial charge in [0.1, 0.15) is 5.56 Å². The Hall–Kier alpha value is -1.89. The third-order valence-electron chi connectivity index (χ3n) is 2.46. The maximum Gasteiger partial charge on any atom is 0.341 e. The van der Waals surface area contributed by atoms with Gasteiger partial charge in [0.25, 0.3) is 0 Å². The maximum atomic E-state index is 11.7. The summed E-state index contributed by atoms with van der Waals surface area (Å²) >= 11 is 3.09. The standard InChI is InChI=1S/C11H9BrN2O4/c1-5-3-8(18-13-5)14-4-7(11(16)17)10(15)9(12)6(14)2/h3-4H,1-2H3,(H,16,17). The van der Waals surface area contributed by atoms with Crippen LogP contribution in [-0.2, 0) is 0 Å². The second kappa shape index (κ2) is 4.41. The highest BCUT2D eigenvalue weighted by atomic mass is 79.9. The molecule has 0 saturated heterocycles. The summed E-state index contributed by atoms with van der Waals surface area (Å²) in [4.78, 5) is 22.7. The fourth-order valence-electron chi connectivity index (χ4n) is 1.52. The molecule has 18 heavy (non-hydrogen) atoms. The molecule has 1 N–H and O–H groups in total. The Labute approximate surface area is 110 Å². The molecule has 0 bridgehead atoms. The van der Waals surface area contributed by atoms with Crippen molar-refractivity contribution in [3.8, 4) is 5.88 Å². The van der Waals surface area contributed by atoms with E-state index in [1.54, 1.807) is 19.9 Å². The lowest BCUT2D eigenvalue weighted by Crippen LogP contribution is -2.20. The van der Waals surface area contributed by atoms with Crippen LogP contribution in [0, 0.1) is 13.8 Å². The molecule has 2 heterocycles. The summed E-state index contributed by atoms with van der Waals surface area (Å²) in [5, 5.41) is 12.7. The van der Waals surface area contributed by atoms with Gasteiger partial charge in [-0.05, 0) is 29.8 Å². The second-order valence-electron chi connectivity index (χ2n) is 3.75. The Kier molecular flexibility index (Phi) is 3.08. The summed E-state index contributed by atoms with van der Waals surface area (Å²) < 4.78 is 6.72. The number of carboxylic acid groups (broad SMARTS) is 1. The van der Waals surface area contributed by atoms with Gasteiger partial charge >= 0.3 is 5.97 Å². The number of nitrogens with zero attached hydrogens (tertiary/aromatic N) is 2. The fourth-order valence-corrected chi connectivity index (χ4v) is 1.92. The van der Waals surface area contributed by atoms with E-state index in [9.17, 15) is 9.59 Å². The quantitative estimate of drug-likeness (QED) is 0.915. The summed E-state index contributed by atoms with van der Waals surface area (Å²) in [7, 11) is 0. The summed E-state index contributed by atoms with van der Waals surface area (Å²) in [5.41, 5.74) is 0.311. The number of hydrogen-bond donors (Lipinski definition) is 1. The third-order valence-corrected chi connectivity index (χ3v) is 3.40. The highest BCUT2D eigenvalue weighted by Gasteiger charge is 2.17. The van der Waals surface area contributed by atoms with Crippen LogP contribution in [-0.4, -0.2) is 20.8 Å². The Morgan fingerprint density at radius 2 is 2.17 bits per heavy atom. The zero-order valence-corrected chi connectivity index (χ0v) is 11.2. The zero-order chi connectivity index (χ0) is 13.4. The van der Waals surface area contributed by atoms with Crippen LogP contribution in [0.1, 0.15) is 21.7 Å². The zero-order valence-electron chi connectivity index (χ0n) is 9.60. The van der Waals surface area contributed by atoms with Crippen LogP contribution in [0.5, 0.6) is 0 Å². The molecule has 2 aromatic heterocycles. The minimum atomic E-state index is -1.29. The molecule has 6 nitrogen and oxygen atoms in total. The van der Waals surface area contributed by atoms with E-state index in [-0.39, 0.29) is 10.0 Å². The predicted molar refractivity (Wildman–Crippen MR) is 66.2 cm³/mol. The van der Waals surface area contributed by atoms with Crippen molar-refractivity contribution in [1.82, 2.24) is 9.72 Å². The van der Waals surface area contributed by atoms with Crippen LogP contribution in [0.15, 0.2) is 26.1 Å². The van der Waals surface area contributed by atoms with Gasteiger partial charge in [-0.15, -0.1) is 0 Å². The Bertz CT molecular complexity index is 687. The van der Waals surface area contributed by atoms with Crippen molar-refractivity contribution >= 4 is 21.9 Å². The number of carbonyl (C=O) groups is 1. The van der Waals surface area contributed by atoms with E-state index in [1.807, 2.05) is 0 Å². The first-order valence-corrected chi connectivity index (χ1v) is 5.80. The normalized spacial score (nSPS) is 10.6. The summed E-state index contributed by atoms with van der Waals surface area (Å²) in [5.74, 6) is -0.932. The van der Waals surface area contributed by atoms with Gasteiger partial charge in [-0.25, -0.2) is 4.79 Å². The molecule has 2 rings (SSSR count). The van der Waals surface area contributed by atoms with Gasteiger partial charge in [-0.3, -0.25) is 9.36 Å². The molecule has 0 aliphatic carbocycles. The number of aromatic nitrogens is 2. The van der Waals surface area contributed by atoms with Crippen molar-refractivity contribution < 1.29 is 14.4 Å². The molecule has 94 valence electrons. The Morgan fingerprint density at radius 1 is 1.50 bits per heavy atom. The molecular weight excluding hydrogens is 304 g/mol. The maximum absolute atomic E-state index is 11.7. The van der Waals surface area contributed by atoms with Crippen molar-refractivity contribution in [3.63, 3.8) is 0 Å². The van der Waals surface area contributed by atoms with Crippen LogP contribution < -0.4 is 5.43 Å². The smallest absolute Gasteiger partial charge is 0.341 e. The van der Waals surface area contributed by atoms with E-state index in [0.29, 0.717) is 17.3 Å². The van der Waals surface area contributed by atoms with Crippen LogP contribution in [0.4, 0.5) is 0 Å². The molecule has 0 spiro atoms. The molecule has 0 aliphatic rings. The lowest BCUT2D eigenvalue weighted by atomic mass is 10.2. The van der Waals surface area contributed by atoms with E-state index in [4.69, 9.17) is 9.63 Å². The van der Waals surface area contributed by atoms with Crippen molar-refractivity contribution in [1.29, 1.82) is 0 Å². The topological polar surface area (TPSA) is 85.3 Å². The highest BCUT2D eigenvalue weighted by Crippen LogP contribution is 2.18. The fraction of sp³-hybridized carbons (Fsp3) is 0.182. The molecule has 0 atom stereocenters. The molecule has 0 amide bonds. The average Bonchev–Trinajstić information content (AvgIpc) is 2.72. The van der Waals surface area contributed by atoms with E-state index in [0.717, 1.165) is 0 Å². The largest absolute Gasteiger partial charge is 0.477 e. The lowest BCUT2D eigenvalue weighted by Gasteiger charge is -2.09. The van der Waals surface area contributed by atoms with E-state index < -0.39 is 11.4 Å². The number of aryl methyl sites for hydroxylation is 1. The summed E-state index contributed by atoms with van der Waals surface area (Å²) in [6, 6.07) is 1.65. The van der Waals surface area contributed by atoms with Gasteiger partial charge in [-0.1, -0.05) is 5.16 Å². The molecule has 0 aromatic carbocycles. The Morgan fingerprint density at radius 3 is 2.67 bits per heavy atom. The van der Waals surface area contributed by atoms with E-state index in [2.05, 4.69) is 21.1 Å². The minimum absolute atomic E-state index is 0.191. The minimum Gasteiger partial charge on any atom is -0.477 e. The molecular formula is C11H9BrN2O4. The number of halogens is 1. The summed E-state index contributed by atoms with van der Waals surface area (Å²) in [6.07, 6.45) is 1.23. The van der Waals surface area contributed by atoms with Crippen molar-refractivity contribution in [2.45, 2.75) is 13.8 Å². The first-order valence-electron chi connectivity index (χ1n) is 5.00. The lowest BCUT2D eigenvalue weighted by molar-refractivity contribution is 0.0694. The van der Waals surface area contributed by atoms with Gasteiger partial charge in [0.15, 0.2) is 0 Å².